The average molecular weight is 342 g/mol. The zero-order valence-electron chi connectivity index (χ0n) is 13.1. The highest BCUT2D eigenvalue weighted by Gasteiger charge is 2.26. The van der Waals surface area contributed by atoms with E-state index in [1.54, 1.807) is 17.5 Å². The summed E-state index contributed by atoms with van der Waals surface area (Å²) in [5.74, 6) is -0.499. The van der Waals surface area contributed by atoms with E-state index in [4.69, 9.17) is 4.98 Å². The van der Waals surface area contributed by atoms with E-state index in [0.717, 1.165) is 35.9 Å². The van der Waals surface area contributed by atoms with Crippen molar-refractivity contribution >= 4 is 23.1 Å². The fourth-order valence-corrected chi connectivity index (χ4v) is 4.13. The Hall–Kier alpha value is -2.25. The monoisotopic (exact) mass is 342 g/mol. The molecule has 0 saturated carbocycles. The summed E-state index contributed by atoms with van der Waals surface area (Å²) in [5, 5.41) is 13.1. The van der Waals surface area contributed by atoms with Crippen molar-refractivity contribution in [3.05, 3.63) is 41.7 Å². The second kappa shape index (κ2) is 6.33. The summed E-state index contributed by atoms with van der Waals surface area (Å²) < 4.78 is 2.05. The summed E-state index contributed by atoms with van der Waals surface area (Å²) in [6.07, 6.45) is 5.11. The normalized spacial score (nSPS) is 21.2. The minimum atomic E-state index is -0.910. The van der Waals surface area contributed by atoms with Gasteiger partial charge in [0.25, 0.3) is 0 Å². The van der Waals surface area contributed by atoms with Crippen LogP contribution in [0.1, 0.15) is 18.5 Å². The number of likely N-dealkylation sites (tertiary alicyclic amines) is 1. The van der Waals surface area contributed by atoms with Crippen molar-refractivity contribution in [3.63, 3.8) is 0 Å². The van der Waals surface area contributed by atoms with Crippen molar-refractivity contribution in [2.24, 2.45) is 5.92 Å². The molecule has 1 saturated heterocycles. The third kappa shape index (κ3) is 2.81. The molecule has 6 nitrogen and oxygen atoms in total. The number of quaternary nitrogens is 1. The predicted molar refractivity (Wildman–Crippen MR) is 88.4 cm³/mol. The number of thiophene rings is 1. The van der Waals surface area contributed by atoms with Crippen LogP contribution >= 0.6 is 11.3 Å². The van der Waals surface area contributed by atoms with Gasteiger partial charge in [-0.1, -0.05) is 6.07 Å². The largest absolute Gasteiger partial charge is 0.550 e. The number of nitrogens with one attached hydrogen (secondary N) is 1. The number of rotatable bonds is 4. The minimum absolute atomic E-state index is 0.297. The number of carboxylic acids is 1. The zero-order chi connectivity index (χ0) is 16.5. The Morgan fingerprint density at radius 3 is 2.92 bits per heavy atom. The van der Waals surface area contributed by atoms with Crippen molar-refractivity contribution in [2.75, 3.05) is 13.1 Å². The van der Waals surface area contributed by atoms with Gasteiger partial charge in [-0.05, 0) is 17.5 Å². The molecule has 1 N–H and O–H groups in total. The quantitative estimate of drug-likeness (QED) is 0.724. The SMILES string of the molecule is O=C([O-])C1CC[NH+](Cc2c(-c3cccs3)nc3ncccn23)CC1. The Morgan fingerprint density at radius 1 is 1.38 bits per heavy atom. The number of piperidine rings is 1. The van der Waals surface area contributed by atoms with Gasteiger partial charge in [-0.25, -0.2) is 9.97 Å². The lowest BCUT2D eigenvalue weighted by atomic mass is 9.97. The lowest BCUT2D eigenvalue weighted by Crippen LogP contribution is -3.12. The van der Waals surface area contributed by atoms with Crippen LogP contribution in [0.5, 0.6) is 0 Å². The van der Waals surface area contributed by atoms with Gasteiger partial charge in [0, 0.05) is 37.1 Å². The van der Waals surface area contributed by atoms with Gasteiger partial charge in [0.1, 0.15) is 17.9 Å². The molecule has 0 radical (unpaired) electrons. The molecular formula is C17H18N4O2S. The van der Waals surface area contributed by atoms with E-state index in [9.17, 15) is 9.90 Å². The molecule has 0 bridgehead atoms. The molecule has 3 aromatic rings. The smallest absolute Gasteiger partial charge is 0.234 e. The summed E-state index contributed by atoms with van der Waals surface area (Å²) in [6.45, 7) is 2.51. The second-order valence-corrected chi connectivity index (χ2v) is 7.14. The molecule has 7 heteroatoms. The zero-order valence-corrected chi connectivity index (χ0v) is 14.0. The number of nitrogens with zero attached hydrogens (tertiary/aromatic N) is 3. The highest BCUT2D eigenvalue weighted by molar-refractivity contribution is 7.13. The Labute approximate surface area is 143 Å². The summed E-state index contributed by atoms with van der Waals surface area (Å²) >= 11 is 1.67. The fourth-order valence-electron chi connectivity index (χ4n) is 3.39. The van der Waals surface area contributed by atoms with E-state index < -0.39 is 5.97 Å². The molecule has 0 amide bonds. The molecule has 4 rings (SSSR count). The van der Waals surface area contributed by atoms with Crippen molar-refractivity contribution in [2.45, 2.75) is 19.4 Å². The van der Waals surface area contributed by atoms with E-state index in [1.807, 2.05) is 22.7 Å². The number of fused-ring (bicyclic) bond motifs is 1. The third-order valence-corrected chi connectivity index (χ3v) is 5.58. The summed E-state index contributed by atoms with van der Waals surface area (Å²) in [7, 11) is 0. The van der Waals surface area contributed by atoms with Gasteiger partial charge in [-0.2, -0.15) is 0 Å². The molecule has 1 aliphatic heterocycles. The maximum absolute atomic E-state index is 11.0. The Kier molecular flexibility index (Phi) is 4.03. The highest BCUT2D eigenvalue weighted by atomic mass is 32.1. The predicted octanol–water partition coefficient (Wildman–Crippen LogP) is 0.00260. The van der Waals surface area contributed by atoms with E-state index >= 15 is 0 Å². The number of imidazole rings is 1. The lowest BCUT2D eigenvalue weighted by Gasteiger charge is -2.29. The molecule has 1 aliphatic rings. The molecular weight excluding hydrogens is 324 g/mol. The number of carboxylic acid groups (broad SMARTS) is 1. The number of aliphatic carboxylic acids is 1. The van der Waals surface area contributed by atoms with E-state index in [1.165, 1.54) is 4.90 Å². The van der Waals surface area contributed by atoms with Gasteiger partial charge in [0.05, 0.1) is 18.0 Å². The van der Waals surface area contributed by atoms with Crippen LogP contribution in [0.3, 0.4) is 0 Å². The third-order valence-electron chi connectivity index (χ3n) is 4.70. The number of hydrogen-bond donors (Lipinski definition) is 1. The first-order chi connectivity index (χ1) is 11.7. The number of carbonyl (C=O) groups is 1. The molecule has 0 spiro atoms. The van der Waals surface area contributed by atoms with Gasteiger partial charge in [-0.15, -0.1) is 11.3 Å². The van der Waals surface area contributed by atoms with Crippen LogP contribution < -0.4 is 10.0 Å². The van der Waals surface area contributed by atoms with Crippen molar-refractivity contribution in [1.29, 1.82) is 0 Å². The van der Waals surface area contributed by atoms with Crippen LogP contribution in [-0.4, -0.2) is 33.4 Å². The average Bonchev–Trinajstić information content (AvgIpc) is 3.23. The Balaban J connectivity index is 1.64. The minimum Gasteiger partial charge on any atom is -0.550 e. The van der Waals surface area contributed by atoms with Crippen molar-refractivity contribution in [1.82, 2.24) is 14.4 Å². The molecule has 3 aromatic heterocycles. The van der Waals surface area contributed by atoms with Gasteiger partial charge in [0.2, 0.25) is 5.78 Å². The van der Waals surface area contributed by atoms with Crippen LogP contribution in [0.2, 0.25) is 0 Å². The molecule has 0 aliphatic carbocycles. The standard InChI is InChI=1S/C17H18N4O2S/c22-16(23)12-4-8-20(9-5-12)11-13-15(14-3-1-10-24-14)19-17-18-6-2-7-21(13)17/h1-3,6-7,10,12H,4-5,8-9,11H2,(H,22,23). The van der Waals surface area contributed by atoms with E-state index in [0.29, 0.717) is 18.6 Å². The summed E-state index contributed by atoms with van der Waals surface area (Å²) in [4.78, 5) is 22.6. The number of hydrogen-bond acceptors (Lipinski definition) is 5. The molecule has 24 heavy (non-hydrogen) atoms. The Morgan fingerprint density at radius 2 is 2.21 bits per heavy atom. The van der Waals surface area contributed by atoms with Crippen LogP contribution in [0.4, 0.5) is 0 Å². The topological polar surface area (TPSA) is 74.8 Å². The summed E-state index contributed by atoms with van der Waals surface area (Å²) in [5.41, 5.74) is 2.13. The molecule has 0 aromatic carbocycles. The molecule has 124 valence electrons. The maximum Gasteiger partial charge on any atom is 0.234 e. The van der Waals surface area contributed by atoms with Gasteiger partial charge in [-0.3, -0.25) is 4.40 Å². The van der Waals surface area contributed by atoms with Crippen molar-refractivity contribution in [3.8, 4) is 10.6 Å². The molecule has 1 fully saturated rings. The maximum atomic E-state index is 11.0. The van der Waals surface area contributed by atoms with E-state index in [-0.39, 0.29) is 5.92 Å². The molecule has 0 unspecified atom stereocenters. The number of carbonyl (C=O) groups excluding carboxylic acids is 1. The van der Waals surface area contributed by atoms with Crippen LogP contribution in [0.15, 0.2) is 36.0 Å². The fraction of sp³-hybridized carbons (Fsp3) is 0.353. The first-order valence-electron chi connectivity index (χ1n) is 8.12. The molecule has 0 atom stereocenters. The first kappa shape index (κ1) is 15.3. The van der Waals surface area contributed by atoms with Crippen LogP contribution in [0.25, 0.3) is 16.3 Å². The van der Waals surface area contributed by atoms with Crippen molar-refractivity contribution < 1.29 is 14.8 Å². The van der Waals surface area contributed by atoms with Gasteiger partial charge in [0.15, 0.2) is 0 Å². The Bertz CT molecular complexity index is 851. The van der Waals surface area contributed by atoms with E-state index in [2.05, 4.69) is 16.4 Å². The van der Waals surface area contributed by atoms with Gasteiger partial charge < -0.3 is 14.8 Å². The number of aromatic nitrogens is 3. The van der Waals surface area contributed by atoms with Crippen LogP contribution in [0, 0.1) is 5.92 Å². The summed E-state index contributed by atoms with van der Waals surface area (Å²) in [6, 6.07) is 6.01. The van der Waals surface area contributed by atoms with Crippen LogP contribution in [-0.2, 0) is 11.3 Å². The molecule has 4 heterocycles. The highest BCUT2D eigenvalue weighted by Crippen LogP contribution is 2.27. The second-order valence-electron chi connectivity index (χ2n) is 6.19. The lowest BCUT2D eigenvalue weighted by molar-refractivity contribution is -0.919. The first-order valence-corrected chi connectivity index (χ1v) is 9.00. The van der Waals surface area contributed by atoms with Gasteiger partial charge >= 0.3 is 0 Å².